The SMILES string of the molecule is CNC(=O)C[C@@H]1NC(=O)c2csc(n2)-c2ccc(-c3nc(N(CCCCC(=O)O)C(=O)C4CC(C(=O)O)C4)cs3)nc2-c2csc(n2)-c2csc(n2)[C@H]([C@@H](O)c2ccccc2)NC(=O)CNC(=O)c2nc(sc2COC)[C@H](C(C)C)NC(=O)c2nc1sc2C. The number of fused-ring (bicyclic) bond motifs is 14. The number of aliphatic hydroxyl groups excluding tert-OH is 1. The molecule has 4 atom stereocenters. The third-order valence-corrected chi connectivity index (χ3v) is 20.4. The van der Waals surface area contributed by atoms with E-state index in [2.05, 4.69) is 26.6 Å². The Hall–Kier alpha value is -8.17. The number of carboxylic acid groups (broad SMARTS) is 2. The highest BCUT2D eigenvalue weighted by Gasteiger charge is 2.42. The average Bonchev–Trinajstić information content (AvgIpc) is 1.92. The Morgan fingerprint density at radius 1 is 0.697 bits per heavy atom. The summed E-state index contributed by atoms with van der Waals surface area (Å²) in [7, 11) is 2.92. The van der Waals surface area contributed by atoms with Gasteiger partial charge in [0.15, 0.2) is 0 Å². The highest BCUT2D eigenvalue weighted by molar-refractivity contribution is 7.15. The van der Waals surface area contributed by atoms with Crippen molar-refractivity contribution < 1.29 is 58.4 Å². The van der Waals surface area contributed by atoms with Crippen LogP contribution in [0.2, 0.25) is 0 Å². The van der Waals surface area contributed by atoms with Gasteiger partial charge < -0.3 is 46.6 Å². The second-order valence-corrected chi connectivity index (χ2v) is 27.0. The molecule has 10 rings (SSSR count). The molecule has 8 heterocycles. The molecule has 1 fully saturated rings. The van der Waals surface area contributed by atoms with Gasteiger partial charge in [0, 0.05) is 65.0 Å². The number of aliphatic carboxylic acids is 2. The molecule has 0 saturated heterocycles. The summed E-state index contributed by atoms with van der Waals surface area (Å²) in [5, 5.41) is 53.8. The lowest BCUT2D eigenvalue weighted by atomic mass is 9.74. The summed E-state index contributed by atoms with van der Waals surface area (Å²) in [6.07, 6.45) is -0.660. The van der Waals surface area contributed by atoms with E-state index in [1.807, 2.05) is 13.8 Å². The van der Waals surface area contributed by atoms with Crippen molar-refractivity contribution in [2.45, 2.75) is 90.1 Å². The number of carbonyl (C=O) groups excluding carboxylic acids is 6. The number of rotatable bonds is 16. The molecule has 10 bridgehead atoms. The summed E-state index contributed by atoms with van der Waals surface area (Å²) >= 11 is 7.04. The zero-order valence-corrected chi connectivity index (χ0v) is 53.2. The smallest absolute Gasteiger partial charge is 0.306 e. The molecule has 31 heteroatoms. The maximum Gasteiger partial charge on any atom is 0.306 e. The van der Waals surface area contributed by atoms with Gasteiger partial charge in [0.25, 0.3) is 17.7 Å². The summed E-state index contributed by atoms with van der Waals surface area (Å²) in [6.45, 7) is 5.04. The highest BCUT2D eigenvalue weighted by Crippen LogP contribution is 2.42. The molecule has 6 amide bonds. The molecular formula is C58H59N13O12S6. The third-order valence-electron chi connectivity index (χ3n) is 14.6. The van der Waals surface area contributed by atoms with Crippen LogP contribution in [0.3, 0.4) is 0 Å². The zero-order valence-electron chi connectivity index (χ0n) is 48.3. The number of hydrogen-bond donors (Lipinski definition) is 8. The number of methoxy groups -OCH3 is 1. The molecule has 2 aliphatic rings. The summed E-state index contributed by atoms with van der Waals surface area (Å²) in [6, 6.07) is 9.30. The normalized spacial score (nSPS) is 18.4. The van der Waals surface area contributed by atoms with E-state index in [0.717, 1.165) is 34.0 Å². The van der Waals surface area contributed by atoms with Crippen LogP contribution in [-0.4, -0.2) is 125 Å². The fourth-order valence-electron chi connectivity index (χ4n) is 9.82. The molecule has 8 N–H and O–H groups in total. The fourth-order valence-corrected chi connectivity index (χ4v) is 15.4. The van der Waals surface area contributed by atoms with Crippen LogP contribution in [-0.2, 0) is 35.3 Å². The second kappa shape index (κ2) is 28.1. The molecule has 1 aliphatic carbocycles. The second-order valence-electron chi connectivity index (χ2n) is 21.2. The number of nitrogens with zero attached hydrogens (tertiary/aromatic N) is 8. The lowest BCUT2D eigenvalue weighted by molar-refractivity contribution is -0.148. The maximum absolute atomic E-state index is 14.4. The Labute approximate surface area is 532 Å². The van der Waals surface area contributed by atoms with Gasteiger partial charge in [-0.2, -0.15) is 0 Å². The molecule has 464 valence electrons. The Balaban J connectivity index is 1.05. The molecule has 1 saturated carbocycles. The van der Waals surface area contributed by atoms with Gasteiger partial charge in [-0.1, -0.05) is 44.2 Å². The predicted molar refractivity (Wildman–Crippen MR) is 335 cm³/mol. The van der Waals surface area contributed by atoms with Crippen LogP contribution in [0.5, 0.6) is 0 Å². The number of aromatic nitrogens is 7. The Morgan fingerprint density at radius 3 is 2.13 bits per heavy atom. The van der Waals surface area contributed by atoms with E-state index >= 15 is 0 Å². The molecular weight excluding hydrogens is 1260 g/mol. The standard InChI is InChI=1S/C58H59N13O12S6/c1-26(2)42-56-70-45(37(89-56)21-83-5)49(78)60-20-40(73)67-46(47(76)28-11-7-6-8-12-28)55-65-36(24-86-55)53-63-34(22-85-53)44-31(51-64-35(23-84-51)48(77)62-33(19-39(72)59-4)54-69-43(27(3)88-54)50(79)68-42)14-15-32(61-44)52-66-38(25-87-52)71(16-10-9-13-41(74)75)57(80)29-17-30(18-29)58(81)82/h6-8,11-12,14-15,22-26,29-30,33,42,46-47,76H,9-10,13,16-21H2,1-5H3,(H,59,72)(H,60,78)(H,62,77)(H,67,73)(H,68,79)(H,74,75)(H,81,82)/t29?,30?,33-,42-,46-,47-/m0/s1. The minimum absolute atomic E-state index is 0.00614. The number of carbonyl (C=O) groups is 8. The first kappa shape index (κ1) is 63.8. The van der Waals surface area contributed by atoms with Gasteiger partial charge in [-0.3, -0.25) is 43.3 Å². The monoisotopic (exact) mass is 1320 g/mol. The number of aryl methyl sites for hydroxylation is 1. The van der Waals surface area contributed by atoms with Crippen LogP contribution in [0, 0.1) is 24.7 Å². The lowest BCUT2D eigenvalue weighted by Crippen LogP contribution is -2.44. The third kappa shape index (κ3) is 14.6. The van der Waals surface area contributed by atoms with Crippen molar-refractivity contribution in [2.75, 3.05) is 32.1 Å². The van der Waals surface area contributed by atoms with Crippen LogP contribution >= 0.6 is 68.0 Å². The largest absolute Gasteiger partial charge is 0.481 e. The van der Waals surface area contributed by atoms with Crippen molar-refractivity contribution in [3.63, 3.8) is 0 Å². The Bertz CT molecular complexity index is 3960. The summed E-state index contributed by atoms with van der Waals surface area (Å²) < 4.78 is 5.45. The van der Waals surface area contributed by atoms with Crippen molar-refractivity contribution in [1.82, 2.24) is 61.5 Å². The van der Waals surface area contributed by atoms with Gasteiger partial charge in [-0.25, -0.2) is 34.9 Å². The maximum atomic E-state index is 14.4. The molecule has 1 aliphatic heterocycles. The van der Waals surface area contributed by atoms with Crippen LogP contribution in [0.15, 0.2) is 64.0 Å². The number of aliphatic hydroxyl groups is 1. The molecule has 8 aromatic rings. The average molecular weight is 1320 g/mol. The van der Waals surface area contributed by atoms with Crippen molar-refractivity contribution in [3.05, 3.63) is 111 Å². The minimum atomic E-state index is -1.30. The number of carboxylic acids is 2. The first-order valence-corrected chi connectivity index (χ1v) is 33.1. The molecule has 89 heavy (non-hydrogen) atoms. The van der Waals surface area contributed by atoms with Gasteiger partial charge in [0.2, 0.25) is 17.7 Å². The van der Waals surface area contributed by atoms with Crippen molar-refractivity contribution >= 4 is 121 Å². The lowest BCUT2D eigenvalue weighted by Gasteiger charge is -2.34. The van der Waals surface area contributed by atoms with Crippen LogP contribution in [0.4, 0.5) is 5.82 Å². The number of thiazole rings is 6. The number of anilines is 1. The first-order chi connectivity index (χ1) is 42.8. The van der Waals surface area contributed by atoms with Crippen molar-refractivity contribution in [1.29, 1.82) is 0 Å². The van der Waals surface area contributed by atoms with E-state index in [0.29, 0.717) is 87.4 Å². The van der Waals surface area contributed by atoms with Crippen LogP contribution < -0.4 is 31.5 Å². The molecule has 1 aromatic carbocycles. The topological polar surface area (TPSA) is 360 Å². The summed E-state index contributed by atoms with van der Waals surface area (Å²) in [4.78, 5) is 143. The van der Waals surface area contributed by atoms with Crippen LogP contribution in [0.25, 0.3) is 43.4 Å². The first-order valence-electron chi connectivity index (χ1n) is 28.0. The molecule has 0 unspecified atom stereocenters. The number of nitrogens with one attached hydrogen (secondary N) is 5. The van der Waals surface area contributed by atoms with E-state index in [1.165, 1.54) is 53.1 Å². The number of benzene rings is 1. The van der Waals surface area contributed by atoms with E-state index < -0.39 is 84.1 Å². The zero-order chi connectivity index (χ0) is 63.2. The molecule has 0 radical (unpaired) electrons. The molecule has 0 spiro atoms. The quantitative estimate of drug-likeness (QED) is 0.0424. The van der Waals surface area contributed by atoms with Gasteiger partial charge in [0.1, 0.15) is 82.2 Å². The predicted octanol–water partition coefficient (Wildman–Crippen LogP) is 8.01. The molecule has 7 aromatic heterocycles. The number of pyridine rings is 1. The van der Waals surface area contributed by atoms with E-state index in [4.69, 9.17) is 39.6 Å². The molecule has 25 nitrogen and oxygen atoms in total. The minimum Gasteiger partial charge on any atom is -0.481 e. The number of unbranched alkanes of at least 4 members (excludes halogenated alkanes) is 1. The van der Waals surface area contributed by atoms with Gasteiger partial charge in [-0.15, -0.1) is 68.0 Å². The van der Waals surface area contributed by atoms with Crippen molar-refractivity contribution in [3.8, 4) is 43.4 Å². The number of hydrogen-bond acceptors (Lipinski definition) is 23. The number of ether oxygens (including phenoxy) is 1. The van der Waals surface area contributed by atoms with Crippen LogP contribution in [0.1, 0.15) is 138 Å². The van der Waals surface area contributed by atoms with Gasteiger partial charge in [-0.05, 0) is 56.2 Å². The Kier molecular flexibility index (Phi) is 20.2. The fraction of sp³-hybridized carbons (Fsp3) is 0.362. The number of amides is 6. The van der Waals surface area contributed by atoms with Gasteiger partial charge in [0.05, 0.1) is 48.1 Å². The summed E-state index contributed by atoms with van der Waals surface area (Å²) in [5.74, 6) is -6.41. The Morgan fingerprint density at radius 2 is 1.40 bits per heavy atom. The van der Waals surface area contributed by atoms with E-state index in [9.17, 15) is 53.7 Å². The van der Waals surface area contributed by atoms with E-state index in [1.54, 1.807) is 70.9 Å². The van der Waals surface area contributed by atoms with E-state index in [-0.39, 0.29) is 72.7 Å². The van der Waals surface area contributed by atoms with Gasteiger partial charge >= 0.3 is 11.9 Å². The van der Waals surface area contributed by atoms with Crippen molar-refractivity contribution in [2.24, 2.45) is 17.8 Å². The summed E-state index contributed by atoms with van der Waals surface area (Å²) in [5.41, 5.74) is 2.40. The highest BCUT2D eigenvalue weighted by atomic mass is 32.1.